The molecule has 0 aromatic heterocycles. The van der Waals surface area contributed by atoms with Crippen LogP contribution in [0.2, 0.25) is 0 Å². The third-order valence-corrected chi connectivity index (χ3v) is 2.74. The molecule has 1 rings (SSSR count). The summed E-state index contributed by atoms with van der Waals surface area (Å²) in [4.78, 5) is 0. The van der Waals surface area contributed by atoms with Crippen molar-refractivity contribution in [1.29, 1.82) is 10.9 Å². The average molecular weight is 262 g/mol. The van der Waals surface area contributed by atoms with Crippen molar-refractivity contribution in [1.82, 2.24) is 0 Å². The molecule has 19 heavy (non-hydrogen) atoms. The van der Waals surface area contributed by atoms with Crippen LogP contribution in [0.5, 0.6) is 0 Å². The van der Waals surface area contributed by atoms with Gasteiger partial charge in [0.1, 0.15) is 6.34 Å². The van der Waals surface area contributed by atoms with Crippen LogP contribution in [0.25, 0.3) is 0 Å². The first-order valence-electron chi connectivity index (χ1n) is 6.93. The Labute approximate surface area is 116 Å². The lowest BCUT2D eigenvalue weighted by atomic mass is 10.2. The monoisotopic (exact) mass is 262 g/mol. The molecule has 0 amide bonds. The fourth-order valence-electron chi connectivity index (χ4n) is 1.54. The van der Waals surface area contributed by atoms with E-state index in [2.05, 4.69) is 19.1 Å². The Kier molecular flexibility index (Phi) is 10.4. The number of rotatable bonds is 7. The number of anilines is 1. The first-order valence-corrected chi connectivity index (χ1v) is 6.93. The van der Waals surface area contributed by atoms with E-state index in [9.17, 15) is 0 Å². The van der Waals surface area contributed by atoms with E-state index in [-0.39, 0.29) is 0 Å². The molecule has 0 aliphatic heterocycles. The summed E-state index contributed by atoms with van der Waals surface area (Å²) in [6, 6.07) is 7.46. The Morgan fingerprint density at radius 2 is 1.58 bits per heavy atom. The summed E-state index contributed by atoms with van der Waals surface area (Å²) in [5, 5.41) is 11.3. The second-order valence-electron chi connectivity index (χ2n) is 4.47. The largest absolute Gasteiger partial charge is 0.289 e. The molecule has 0 saturated heterocycles. The summed E-state index contributed by atoms with van der Waals surface area (Å²) in [5.74, 6) is 0. The Morgan fingerprint density at radius 3 is 1.95 bits per heavy atom. The van der Waals surface area contributed by atoms with Crippen LogP contribution in [0.4, 0.5) is 5.69 Å². The fraction of sp³-hybridized carbons (Fsp3) is 0.533. The van der Waals surface area contributed by atoms with E-state index >= 15 is 0 Å². The minimum atomic E-state index is 0.727. The van der Waals surface area contributed by atoms with Gasteiger partial charge in [-0.15, -0.1) is 0 Å². The zero-order valence-electron chi connectivity index (χ0n) is 12.3. The molecular weight excluding hydrogens is 236 g/mol. The van der Waals surface area contributed by atoms with Crippen molar-refractivity contribution < 1.29 is 0 Å². The molecule has 0 spiro atoms. The van der Waals surface area contributed by atoms with Gasteiger partial charge in [0.05, 0.1) is 5.69 Å². The standard InChI is InChI=1S/C8H10N4.C7H16/c1-7-2-4-8(5-3-7)12(6-9)11-10;1-3-5-7-6-4-2/h2-6,9-10H,1H3;3-7H2,1-2H3. The van der Waals surface area contributed by atoms with Crippen LogP contribution in [0.3, 0.4) is 0 Å². The van der Waals surface area contributed by atoms with Crippen LogP contribution in [0.1, 0.15) is 51.5 Å². The van der Waals surface area contributed by atoms with Gasteiger partial charge in [-0.25, -0.2) is 5.01 Å². The third kappa shape index (κ3) is 8.08. The molecule has 2 N–H and O–H groups in total. The predicted octanol–water partition coefficient (Wildman–Crippen LogP) is 5.33. The van der Waals surface area contributed by atoms with Gasteiger partial charge in [0.15, 0.2) is 0 Å². The van der Waals surface area contributed by atoms with Crippen LogP contribution >= 0.6 is 0 Å². The topological polar surface area (TPSA) is 63.3 Å². The maximum atomic E-state index is 6.94. The predicted molar refractivity (Wildman–Crippen MR) is 82.0 cm³/mol. The Hall–Kier alpha value is -1.71. The molecule has 0 bridgehead atoms. The molecule has 4 nitrogen and oxygen atoms in total. The lowest BCUT2D eigenvalue weighted by Gasteiger charge is -2.09. The molecule has 0 fully saturated rings. The van der Waals surface area contributed by atoms with Crippen LogP contribution in [0.15, 0.2) is 29.5 Å². The van der Waals surface area contributed by atoms with E-state index in [1.807, 2.05) is 31.2 Å². The highest BCUT2D eigenvalue weighted by molar-refractivity contribution is 5.75. The molecular formula is C15H26N4. The summed E-state index contributed by atoms with van der Waals surface area (Å²) in [6.07, 6.45) is 8.01. The van der Waals surface area contributed by atoms with E-state index in [0.29, 0.717) is 0 Å². The number of aryl methyl sites for hydroxylation is 1. The first-order chi connectivity index (χ1) is 9.19. The minimum Gasteiger partial charge on any atom is -0.289 e. The Morgan fingerprint density at radius 1 is 1.05 bits per heavy atom. The van der Waals surface area contributed by atoms with Crippen molar-refractivity contribution in [2.24, 2.45) is 5.22 Å². The molecule has 0 atom stereocenters. The molecule has 0 aliphatic rings. The van der Waals surface area contributed by atoms with Crippen LogP contribution in [-0.4, -0.2) is 6.34 Å². The SMILES string of the molecule is CCCCCCC.Cc1ccc(N(C=N)N=N)cc1. The Balaban J connectivity index is 0.000000399. The summed E-state index contributed by atoms with van der Waals surface area (Å²) < 4.78 is 0. The minimum absolute atomic E-state index is 0.727. The highest BCUT2D eigenvalue weighted by atomic mass is 15.5. The maximum absolute atomic E-state index is 6.94. The summed E-state index contributed by atoms with van der Waals surface area (Å²) in [5.41, 5.74) is 8.63. The molecule has 0 heterocycles. The zero-order valence-corrected chi connectivity index (χ0v) is 12.3. The van der Waals surface area contributed by atoms with E-state index < -0.39 is 0 Å². The third-order valence-electron chi connectivity index (χ3n) is 2.74. The number of hydrogen-bond donors (Lipinski definition) is 2. The van der Waals surface area contributed by atoms with Crippen LogP contribution < -0.4 is 5.01 Å². The van der Waals surface area contributed by atoms with Crippen LogP contribution in [0, 0.1) is 17.9 Å². The molecule has 4 heteroatoms. The Bertz CT molecular complexity index is 334. The lowest BCUT2D eigenvalue weighted by Crippen LogP contribution is -2.10. The van der Waals surface area contributed by atoms with Gasteiger partial charge < -0.3 is 0 Å². The van der Waals surface area contributed by atoms with Crippen LogP contribution in [-0.2, 0) is 0 Å². The molecule has 1 aromatic rings. The van der Waals surface area contributed by atoms with Gasteiger partial charge in [-0.05, 0) is 19.1 Å². The molecule has 0 aliphatic carbocycles. The molecule has 1 aromatic carbocycles. The highest BCUT2D eigenvalue weighted by Crippen LogP contribution is 2.13. The van der Waals surface area contributed by atoms with Gasteiger partial charge >= 0.3 is 0 Å². The summed E-state index contributed by atoms with van der Waals surface area (Å²) in [7, 11) is 0. The van der Waals surface area contributed by atoms with Crippen molar-refractivity contribution in [3.63, 3.8) is 0 Å². The molecule has 106 valence electrons. The van der Waals surface area contributed by atoms with E-state index in [0.717, 1.165) is 17.6 Å². The van der Waals surface area contributed by atoms with Gasteiger partial charge in [-0.1, -0.05) is 68.9 Å². The normalized spacial score (nSPS) is 9.21. The first kappa shape index (κ1) is 17.3. The van der Waals surface area contributed by atoms with Gasteiger partial charge in [0.2, 0.25) is 0 Å². The smallest absolute Gasteiger partial charge is 0.110 e. The number of nitrogens with zero attached hydrogens (tertiary/aromatic N) is 2. The van der Waals surface area contributed by atoms with Gasteiger partial charge in [-0.2, -0.15) is 5.53 Å². The van der Waals surface area contributed by atoms with Crippen molar-refractivity contribution >= 4 is 12.0 Å². The second kappa shape index (κ2) is 11.4. The number of nitrogens with one attached hydrogen (secondary N) is 2. The van der Waals surface area contributed by atoms with E-state index in [4.69, 9.17) is 10.9 Å². The molecule has 0 radical (unpaired) electrons. The van der Waals surface area contributed by atoms with Gasteiger partial charge in [-0.3, -0.25) is 5.41 Å². The maximum Gasteiger partial charge on any atom is 0.110 e. The summed E-state index contributed by atoms with van der Waals surface area (Å²) in [6.45, 7) is 6.47. The van der Waals surface area contributed by atoms with Gasteiger partial charge in [0, 0.05) is 0 Å². The number of unbranched alkanes of at least 4 members (excludes halogenated alkanes) is 4. The number of benzene rings is 1. The van der Waals surface area contributed by atoms with Crippen molar-refractivity contribution in [3.05, 3.63) is 29.8 Å². The highest BCUT2D eigenvalue weighted by Gasteiger charge is 1.98. The zero-order chi connectivity index (χ0) is 14.5. The van der Waals surface area contributed by atoms with E-state index in [1.165, 1.54) is 37.1 Å². The quantitative estimate of drug-likeness (QED) is 0.225. The molecule has 0 saturated carbocycles. The van der Waals surface area contributed by atoms with Crippen molar-refractivity contribution in [2.45, 2.75) is 52.9 Å². The second-order valence-corrected chi connectivity index (χ2v) is 4.47. The van der Waals surface area contributed by atoms with Crippen molar-refractivity contribution in [2.75, 3.05) is 5.01 Å². The summed E-state index contributed by atoms with van der Waals surface area (Å²) >= 11 is 0. The number of hydrogen-bond acceptors (Lipinski definition) is 3. The molecule has 0 unspecified atom stereocenters. The lowest BCUT2D eigenvalue weighted by molar-refractivity contribution is 0.656. The fourth-order valence-corrected chi connectivity index (χ4v) is 1.54. The average Bonchev–Trinajstić information content (AvgIpc) is 2.44. The van der Waals surface area contributed by atoms with Gasteiger partial charge in [0.25, 0.3) is 0 Å². The van der Waals surface area contributed by atoms with E-state index in [1.54, 1.807) is 0 Å². The van der Waals surface area contributed by atoms with Crippen molar-refractivity contribution in [3.8, 4) is 0 Å².